The second-order valence-corrected chi connectivity index (χ2v) is 6.93. The quantitative estimate of drug-likeness (QED) is 0.476. The molecule has 1 aromatic heterocycles. The molecule has 0 atom stereocenters. The maximum Gasteiger partial charge on any atom is 1.00 e. The van der Waals surface area contributed by atoms with Crippen LogP contribution in [0.15, 0.2) is 42.5 Å². The van der Waals surface area contributed by atoms with Gasteiger partial charge in [0.25, 0.3) is 0 Å². The van der Waals surface area contributed by atoms with Gasteiger partial charge in [-0.05, 0) is 67.1 Å². The smallest absolute Gasteiger partial charge is 0.363 e. The van der Waals surface area contributed by atoms with Crippen LogP contribution in [-0.2, 0) is 0 Å². The van der Waals surface area contributed by atoms with Crippen molar-refractivity contribution in [3.05, 3.63) is 65.6 Å². The molecule has 0 aliphatic heterocycles. The molecule has 3 aromatic rings. The van der Waals surface area contributed by atoms with Gasteiger partial charge in [0.1, 0.15) is 5.82 Å². The Hall–Kier alpha value is -0.964. The summed E-state index contributed by atoms with van der Waals surface area (Å²) >= 11 is 0. The van der Waals surface area contributed by atoms with Gasteiger partial charge in [-0.25, -0.2) is 4.39 Å². The van der Waals surface area contributed by atoms with Gasteiger partial charge in [0.15, 0.2) is 0 Å². The first-order valence-corrected chi connectivity index (χ1v) is 9.86. The number of halogens is 1. The van der Waals surface area contributed by atoms with Gasteiger partial charge in [0.05, 0.1) is 6.07 Å². The summed E-state index contributed by atoms with van der Waals surface area (Å²) in [7, 11) is 0. The molecule has 0 spiro atoms. The van der Waals surface area contributed by atoms with Gasteiger partial charge < -0.3 is 4.57 Å². The molecule has 0 N–H and O–H groups in total. The van der Waals surface area contributed by atoms with Gasteiger partial charge >= 0.3 is 51.4 Å². The first-order chi connectivity index (χ1) is 13.2. The van der Waals surface area contributed by atoms with Gasteiger partial charge in [-0.1, -0.05) is 20.8 Å². The molecule has 140 valence electrons. The Labute approximate surface area is 210 Å². The largest absolute Gasteiger partial charge is 1.00 e. The number of hydrogen-bond donors (Lipinski definition) is 0. The summed E-state index contributed by atoms with van der Waals surface area (Å²) in [5, 5.41) is 10.3. The standard InChI is InChI=1S/C22H20FN2.C2H6.K/c1-15-20-4-2-3-5-21(20)25(19-12-10-18(23)11-13-19)22(15)17-8-6-16(14-24)7-9-17;1-2;/h2-3,5,10-13,16-17H,6-9H2,1H3;1-2H3;/q-1;;+1. The number of hydrogen-bond acceptors (Lipinski definition) is 1. The molecule has 28 heavy (non-hydrogen) atoms. The Morgan fingerprint density at radius 1 is 1.07 bits per heavy atom. The maximum absolute atomic E-state index is 13.4. The molecule has 2 aromatic carbocycles. The molecule has 0 bridgehead atoms. The van der Waals surface area contributed by atoms with Crippen molar-refractivity contribution in [3.63, 3.8) is 0 Å². The minimum Gasteiger partial charge on any atom is -0.363 e. The zero-order valence-electron chi connectivity index (χ0n) is 17.3. The number of fused-ring (bicyclic) bond motifs is 1. The van der Waals surface area contributed by atoms with Gasteiger partial charge in [-0.15, -0.1) is 35.2 Å². The van der Waals surface area contributed by atoms with Crippen LogP contribution < -0.4 is 51.4 Å². The average Bonchev–Trinajstić information content (AvgIpc) is 3.03. The topological polar surface area (TPSA) is 28.7 Å². The van der Waals surface area contributed by atoms with E-state index in [1.807, 2.05) is 38.1 Å². The Bertz CT molecular complexity index is 945. The van der Waals surface area contributed by atoms with E-state index in [2.05, 4.69) is 29.7 Å². The first kappa shape index (κ1) is 23.3. The summed E-state index contributed by atoms with van der Waals surface area (Å²) in [6, 6.07) is 18.5. The summed E-state index contributed by atoms with van der Waals surface area (Å²) in [6.07, 6.45) is 3.96. The number of nitriles is 1. The van der Waals surface area contributed by atoms with Crippen LogP contribution in [0, 0.1) is 36.1 Å². The van der Waals surface area contributed by atoms with Crippen molar-refractivity contribution in [2.75, 3.05) is 0 Å². The third-order valence-electron chi connectivity index (χ3n) is 5.46. The minimum absolute atomic E-state index is 0. The molecule has 1 aliphatic rings. The molecule has 1 saturated carbocycles. The fourth-order valence-corrected chi connectivity index (χ4v) is 4.19. The van der Waals surface area contributed by atoms with Crippen molar-refractivity contribution >= 4 is 10.9 Å². The summed E-state index contributed by atoms with van der Waals surface area (Å²) in [4.78, 5) is 0. The fourth-order valence-electron chi connectivity index (χ4n) is 4.19. The number of aromatic nitrogens is 1. The second-order valence-electron chi connectivity index (χ2n) is 6.93. The molecule has 1 fully saturated rings. The number of rotatable bonds is 2. The van der Waals surface area contributed by atoms with E-state index in [9.17, 15) is 9.65 Å². The molecule has 4 rings (SSSR count). The van der Waals surface area contributed by atoms with Crippen LogP contribution in [0.5, 0.6) is 0 Å². The van der Waals surface area contributed by atoms with Crippen molar-refractivity contribution in [2.45, 2.75) is 52.4 Å². The van der Waals surface area contributed by atoms with Crippen LogP contribution in [0.4, 0.5) is 4.39 Å². The number of nitrogens with zero attached hydrogens (tertiary/aromatic N) is 2. The van der Waals surface area contributed by atoms with Crippen molar-refractivity contribution in [3.8, 4) is 11.8 Å². The molecule has 0 saturated heterocycles. The van der Waals surface area contributed by atoms with E-state index < -0.39 is 0 Å². The van der Waals surface area contributed by atoms with E-state index in [0.29, 0.717) is 5.92 Å². The molecule has 1 heterocycles. The summed E-state index contributed by atoms with van der Waals surface area (Å²) < 4.78 is 15.7. The van der Waals surface area contributed by atoms with Crippen LogP contribution in [0.1, 0.15) is 56.7 Å². The van der Waals surface area contributed by atoms with Gasteiger partial charge in [-0.3, -0.25) is 0 Å². The molecule has 0 amide bonds. The molecule has 4 heteroatoms. The van der Waals surface area contributed by atoms with Crippen LogP contribution in [0.3, 0.4) is 0 Å². The SMILES string of the molecule is CC.Cc1c(C2CCC(C#N)CC2)n(-c2ccc(F)cc2)c2ccc[c-]c12.[K+]. The predicted octanol–water partition coefficient (Wildman–Crippen LogP) is 3.71. The fraction of sp³-hybridized carbons (Fsp3) is 0.375. The monoisotopic (exact) mass is 400 g/mol. The zero-order chi connectivity index (χ0) is 19.4. The van der Waals surface area contributed by atoms with E-state index in [-0.39, 0.29) is 63.1 Å². The maximum atomic E-state index is 13.4. The first-order valence-electron chi connectivity index (χ1n) is 9.86. The van der Waals surface area contributed by atoms with Gasteiger partial charge in [-0.2, -0.15) is 5.26 Å². The number of benzene rings is 2. The number of aryl methyl sites for hydroxylation is 1. The van der Waals surface area contributed by atoms with Crippen molar-refractivity contribution in [2.24, 2.45) is 5.92 Å². The summed E-state index contributed by atoms with van der Waals surface area (Å²) in [6.45, 7) is 6.16. The van der Waals surface area contributed by atoms with E-state index in [4.69, 9.17) is 0 Å². The Balaban J connectivity index is 0.000000906. The van der Waals surface area contributed by atoms with E-state index in [1.165, 1.54) is 23.4 Å². The third-order valence-corrected chi connectivity index (χ3v) is 5.46. The third kappa shape index (κ3) is 4.61. The van der Waals surface area contributed by atoms with E-state index in [1.54, 1.807) is 0 Å². The van der Waals surface area contributed by atoms with Crippen LogP contribution in [-0.4, -0.2) is 4.57 Å². The normalized spacial score (nSPS) is 18.5. The Morgan fingerprint density at radius 3 is 2.32 bits per heavy atom. The minimum atomic E-state index is -0.223. The molecule has 2 nitrogen and oxygen atoms in total. The van der Waals surface area contributed by atoms with Crippen LogP contribution in [0.2, 0.25) is 0 Å². The molecular formula is C24H26FKN2. The Morgan fingerprint density at radius 2 is 1.71 bits per heavy atom. The van der Waals surface area contributed by atoms with Gasteiger partial charge in [0, 0.05) is 11.6 Å². The summed E-state index contributed by atoms with van der Waals surface area (Å²) in [5.74, 6) is 0.391. The van der Waals surface area contributed by atoms with E-state index in [0.717, 1.165) is 42.3 Å². The van der Waals surface area contributed by atoms with E-state index >= 15 is 0 Å². The van der Waals surface area contributed by atoms with Crippen molar-refractivity contribution < 1.29 is 55.8 Å². The molecule has 0 unspecified atom stereocenters. The van der Waals surface area contributed by atoms with Crippen LogP contribution in [0.25, 0.3) is 16.6 Å². The zero-order valence-corrected chi connectivity index (χ0v) is 20.4. The average molecular weight is 401 g/mol. The summed E-state index contributed by atoms with van der Waals surface area (Å²) in [5.41, 5.74) is 4.64. The molecule has 0 radical (unpaired) electrons. The Kier molecular flexibility index (Phi) is 8.92. The van der Waals surface area contributed by atoms with Crippen molar-refractivity contribution in [1.82, 2.24) is 4.57 Å². The molecular weight excluding hydrogens is 374 g/mol. The van der Waals surface area contributed by atoms with Crippen molar-refractivity contribution in [1.29, 1.82) is 5.26 Å². The second kappa shape index (κ2) is 10.7. The van der Waals surface area contributed by atoms with Gasteiger partial charge in [0.2, 0.25) is 0 Å². The predicted molar refractivity (Wildman–Crippen MR) is 108 cm³/mol. The molecule has 1 aliphatic carbocycles. The van der Waals surface area contributed by atoms with Crippen LogP contribution >= 0.6 is 0 Å².